The lowest BCUT2D eigenvalue weighted by Crippen LogP contribution is -2.40. The Kier molecular flexibility index (Phi) is 7.18. The molecule has 0 aliphatic heterocycles. The van der Waals surface area contributed by atoms with E-state index < -0.39 is 11.7 Å². The zero-order chi connectivity index (χ0) is 16.6. The van der Waals surface area contributed by atoms with Gasteiger partial charge in [0.1, 0.15) is 11.4 Å². The third-order valence-corrected chi connectivity index (χ3v) is 3.07. The lowest BCUT2D eigenvalue weighted by atomic mass is 10.0. The number of nitrogens with one attached hydrogen (secondary N) is 1. The van der Waals surface area contributed by atoms with Gasteiger partial charge >= 0.3 is 6.09 Å². The van der Waals surface area contributed by atoms with Gasteiger partial charge in [-0.15, -0.1) is 0 Å². The highest BCUT2D eigenvalue weighted by molar-refractivity contribution is 5.68. The molecule has 0 radical (unpaired) electrons. The van der Waals surface area contributed by atoms with Gasteiger partial charge in [-0.3, -0.25) is 0 Å². The second-order valence-corrected chi connectivity index (χ2v) is 6.26. The van der Waals surface area contributed by atoms with Crippen LogP contribution in [0.3, 0.4) is 0 Å². The van der Waals surface area contributed by atoms with Gasteiger partial charge < -0.3 is 19.9 Å². The van der Waals surface area contributed by atoms with Crippen LogP contribution in [-0.4, -0.2) is 36.6 Å². The molecule has 22 heavy (non-hydrogen) atoms. The standard InChI is InChI=1S/C17H27NO4/c1-17(2,3)22-16(20)18-14(6-5-11-19)12-13-7-9-15(21-4)10-8-13/h7-10,14,19H,5-6,11-12H2,1-4H3,(H,18,20)/t14-/m1/s1. The number of hydrogen-bond acceptors (Lipinski definition) is 4. The predicted octanol–water partition coefficient (Wildman–Crippen LogP) is 2.90. The molecule has 5 nitrogen and oxygen atoms in total. The monoisotopic (exact) mass is 309 g/mol. The van der Waals surface area contributed by atoms with Crippen molar-refractivity contribution >= 4 is 6.09 Å². The van der Waals surface area contributed by atoms with Crippen molar-refractivity contribution in [2.24, 2.45) is 0 Å². The zero-order valence-electron chi connectivity index (χ0n) is 13.9. The number of alkyl carbamates (subject to hydrolysis) is 1. The van der Waals surface area contributed by atoms with Crippen LogP contribution in [0.1, 0.15) is 39.2 Å². The Bertz CT molecular complexity index is 451. The van der Waals surface area contributed by atoms with Gasteiger partial charge in [0.25, 0.3) is 0 Å². The van der Waals surface area contributed by atoms with Gasteiger partial charge in [-0.25, -0.2) is 4.79 Å². The lowest BCUT2D eigenvalue weighted by molar-refractivity contribution is 0.0499. The van der Waals surface area contributed by atoms with Crippen molar-refractivity contribution in [1.82, 2.24) is 5.32 Å². The van der Waals surface area contributed by atoms with Crippen LogP contribution in [0.25, 0.3) is 0 Å². The molecule has 0 saturated carbocycles. The van der Waals surface area contributed by atoms with E-state index in [9.17, 15) is 4.79 Å². The van der Waals surface area contributed by atoms with Crippen molar-refractivity contribution in [2.45, 2.75) is 51.7 Å². The van der Waals surface area contributed by atoms with E-state index in [1.807, 2.05) is 45.0 Å². The van der Waals surface area contributed by atoms with Gasteiger partial charge in [-0.05, 0) is 57.7 Å². The fourth-order valence-electron chi connectivity index (χ4n) is 2.08. The molecule has 0 saturated heterocycles. The second kappa shape index (κ2) is 8.63. The summed E-state index contributed by atoms with van der Waals surface area (Å²) in [5.41, 5.74) is 0.575. The van der Waals surface area contributed by atoms with Crippen LogP contribution in [0.5, 0.6) is 5.75 Å². The molecule has 0 aromatic heterocycles. The van der Waals surface area contributed by atoms with Crippen molar-refractivity contribution in [2.75, 3.05) is 13.7 Å². The minimum absolute atomic E-state index is 0.0737. The molecule has 0 unspecified atom stereocenters. The van der Waals surface area contributed by atoms with E-state index in [0.29, 0.717) is 19.3 Å². The van der Waals surface area contributed by atoms with E-state index in [4.69, 9.17) is 14.6 Å². The van der Waals surface area contributed by atoms with E-state index in [1.165, 1.54) is 0 Å². The average molecular weight is 309 g/mol. The number of hydrogen-bond donors (Lipinski definition) is 2. The molecule has 0 heterocycles. The Balaban J connectivity index is 2.64. The number of carbonyl (C=O) groups is 1. The van der Waals surface area contributed by atoms with Crippen LogP contribution in [-0.2, 0) is 11.2 Å². The molecule has 124 valence electrons. The van der Waals surface area contributed by atoms with E-state index in [-0.39, 0.29) is 12.6 Å². The molecule has 1 atom stereocenters. The number of aliphatic hydroxyl groups excluding tert-OH is 1. The zero-order valence-corrected chi connectivity index (χ0v) is 13.9. The smallest absolute Gasteiger partial charge is 0.407 e. The quantitative estimate of drug-likeness (QED) is 0.812. The predicted molar refractivity (Wildman–Crippen MR) is 86.2 cm³/mol. The fourth-order valence-corrected chi connectivity index (χ4v) is 2.08. The van der Waals surface area contributed by atoms with Crippen LogP contribution in [0.4, 0.5) is 4.79 Å². The summed E-state index contributed by atoms with van der Waals surface area (Å²) in [5.74, 6) is 0.802. The van der Waals surface area contributed by atoms with Crippen molar-refractivity contribution in [3.8, 4) is 5.75 Å². The molecule has 0 fully saturated rings. The summed E-state index contributed by atoms with van der Waals surface area (Å²) in [6, 6.07) is 7.66. The van der Waals surface area contributed by atoms with Crippen molar-refractivity contribution in [3.63, 3.8) is 0 Å². The maximum atomic E-state index is 11.9. The summed E-state index contributed by atoms with van der Waals surface area (Å²) in [7, 11) is 1.63. The van der Waals surface area contributed by atoms with Gasteiger partial charge in [-0.1, -0.05) is 12.1 Å². The molecule has 0 aliphatic rings. The number of amides is 1. The van der Waals surface area contributed by atoms with Gasteiger partial charge in [0.05, 0.1) is 7.11 Å². The Morgan fingerprint density at radius 3 is 2.41 bits per heavy atom. The SMILES string of the molecule is COc1ccc(C[C@@H](CCCO)NC(=O)OC(C)(C)C)cc1. The van der Waals surface area contributed by atoms with Crippen LogP contribution in [0.2, 0.25) is 0 Å². The molecule has 1 amide bonds. The first-order chi connectivity index (χ1) is 10.3. The van der Waals surface area contributed by atoms with E-state index >= 15 is 0 Å². The van der Waals surface area contributed by atoms with Gasteiger partial charge in [0, 0.05) is 12.6 Å². The molecule has 2 N–H and O–H groups in total. The molecular weight excluding hydrogens is 282 g/mol. The fraction of sp³-hybridized carbons (Fsp3) is 0.588. The maximum Gasteiger partial charge on any atom is 0.407 e. The minimum atomic E-state index is -0.522. The molecule has 0 spiro atoms. The number of aliphatic hydroxyl groups is 1. The largest absolute Gasteiger partial charge is 0.497 e. The average Bonchev–Trinajstić information content (AvgIpc) is 2.43. The van der Waals surface area contributed by atoms with Gasteiger partial charge in [0.2, 0.25) is 0 Å². The Labute approximate surface area is 132 Å². The molecule has 1 rings (SSSR count). The molecule has 5 heteroatoms. The Morgan fingerprint density at radius 1 is 1.27 bits per heavy atom. The highest BCUT2D eigenvalue weighted by Gasteiger charge is 2.19. The minimum Gasteiger partial charge on any atom is -0.497 e. The number of ether oxygens (including phenoxy) is 2. The van der Waals surface area contributed by atoms with Gasteiger partial charge in [0.15, 0.2) is 0 Å². The first kappa shape index (κ1) is 18.3. The number of benzene rings is 1. The molecule has 1 aromatic rings. The summed E-state index contributed by atoms with van der Waals surface area (Å²) in [4.78, 5) is 11.9. The highest BCUT2D eigenvalue weighted by Crippen LogP contribution is 2.15. The highest BCUT2D eigenvalue weighted by atomic mass is 16.6. The Hall–Kier alpha value is -1.75. The maximum absolute atomic E-state index is 11.9. The van der Waals surface area contributed by atoms with E-state index in [0.717, 1.165) is 11.3 Å². The van der Waals surface area contributed by atoms with Crippen molar-refractivity contribution < 1.29 is 19.4 Å². The topological polar surface area (TPSA) is 67.8 Å². The Morgan fingerprint density at radius 2 is 1.91 bits per heavy atom. The number of methoxy groups -OCH3 is 1. The number of carbonyl (C=O) groups excluding carboxylic acids is 1. The molecule has 0 bridgehead atoms. The third-order valence-electron chi connectivity index (χ3n) is 3.07. The normalized spacial score (nSPS) is 12.6. The third kappa shape index (κ3) is 7.31. The van der Waals surface area contributed by atoms with Crippen LogP contribution in [0, 0.1) is 0 Å². The van der Waals surface area contributed by atoms with E-state index in [1.54, 1.807) is 7.11 Å². The van der Waals surface area contributed by atoms with Gasteiger partial charge in [-0.2, -0.15) is 0 Å². The first-order valence-corrected chi connectivity index (χ1v) is 7.57. The van der Waals surface area contributed by atoms with E-state index in [2.05, 4.69) is 5.32 Å². The van der Waals surface area contributed by atoms with Crippen molar-refractivity contribution in [1.29, 1.82) is 0 Å². The summed E-state index contributed by atoms with van der Waals surface area (Å²) in [6.07, 6.45) is 1.59. The number of rotatable bonds is 7. The molecular formula is C17H27NO4. The summed E-state index contributed by atoms with van der Waals surface area (Å²) in [6.45, 7) is 5.60. The lowest BCUT2D eigenvalue weighted by Gasteiger charge is -2.23. The summed E-state index contributed by atoms with van der Waals surface area (Å²) in [5, 5.41) is 11.9. The first-order valence-electron chi connectivity index (χ1n) is 7.57. The van der Waals surface area contributed by atoms with Crippen LogP contribution < -0.4 is 10.1 Å². The van der Waals surface area contributed by atoms with Crippen molar-refractivity contribution in [3.05, 3.63) is 29.8 Å². The molecule has 1 aromatic carbocycles. The molecule has 0 aliphatic carbocycles. The summed E-state index contributed by atoms with van der Waals surface area (Å²) >= 11 is 0. The summed E-state index contributed by atoms with van der Waals surface area (Å²) < 4.78 is 10.4. The van der Waals surface area contributed by atoms with Crippen LogP contribution >= 0.6 is 0 Å². The van der Waals surface area contributed by atoms with Crippen LogP contribution in [0.15, 0.2) is 24.3 Å². The second-order valence-electron chi connectivity index (χ2n) is 6.26.